The molecule has 0 radical (unpaired) electrons. The Morgan fingerprint density at radius 2 is 1.68 bits per heavy atom. The van der Waals surface area contributed by atoms with Crippen LogP contribution in [0.4, 0.5) is 0 Å². The fraction of sp³-hybridized carbons (Fsp3) is 0.429. The molecule has 0 aliphatic carbocycles. The Morgan fingerprint density at radius 3 is 2.21 bits per heavy atom. The molecule has 1 aromatic carbocycles. The molecule has 1 aromatic heterocycles. The molecule has 0 saturated carbocycles. The standard InChI is InChI=1S/C14H19N5/c1-10(15)8-14(2,3)12-6-4-11(5-7-12)13-18-16-9-17-19-13/h4-7,9-10H,8,15H2,1-3H3. The maximum atomic E-state index is 5.90. The van der Waals surface area contributed by atoms with E-state index >= 15 is 0 Å². The second kappa shape index (κ2) is 5.40. The van der Waals surface area contributed by atoms with Crippen molar-refractivity contribution in [3.05, 3.63) is 36.2 Å². The zero-order chi connectivity index (χ0) is 13.9. The molecule has 2 N–H and O–H groups in total. The van der Waals surface area contributed by atoms with Crippen molar-refractivity contribution in [3.63, 3.8) is 0 Å². The molecule has 19 heavy (non-hydrogen) atoms. The normalized spacial score (nSPS) is 13.3. The molecule has 2 rings (SSSR count). The van der Waals surface area contributed by atoms with Gasteiger partial charge in [-0.15, -0.1) is 20.4 Å². The summed E-state index contributed by atoms with van der Waals surface area (Å²) in [6.07, 6.45) is 2.26. The molecule has 0 amide bonds. The topological polar surface area (TPSA) is 77.6 Å². The molecular weight excluding hydrogens is 238 g/mol. The summed E-state index contributed by atoms with van der Waals surface area (Å²) >= 11 is 0. The lowest BCUT2D eigenvalue weighted by molar-refractivity contribution is 0.437. The maximum absolute atomic E-state index is 5.90. The van der Waals surface area contributed by atoms with Gasteiger partial charge in [0, 0.05) is 11.6 Å². The first-order valence-corrected chi connectivity index (χ1v) is 6.36. The predicted octanol–water partition coefficient (Wildman–Crippen LogP) is 1.95. The second-order valence-corrected chi connectivity index (χ2v) is 5.51. The Bertz CT molecular complexity index is 519. The van der Waals surface area contributed by atoms with E-state index in [0.717, 1.165) is 12.0 Å². The first-order valence-electron chi connectivity index (χ1n) is 6.36. The van der Waals surface area contributed by atoms with Gasteiger partial charge in [0.2, 0.25) is 5.82 Å². The summed E-state index contributed by atoms with van der Waals surface area (Å²) < 4.78 is 0. The fourth-order valence-corrected chi connectivity index (χ4v) is 2.31. The van der Waals surface area contributed by atoms with E-state index in [1.807, 2.05) is 19.1 Å². The van der Waals surface area contributed by atoms with E-state index in [-0.39, 0.29) is 11.5 Å². The average Bonchev–Trinajstić information content (AvgIpc) is 2.38. The van der Waals surface area contributed by atoms with Crippen LogP contribution in [0.5, 0.6) is 0 Å². The van der Waals surface area contributed by atoms with E-state index in [2.05, 4.69) is 46.4 Å². The molecule has 0 bridgehead atoms. The van der Waals surface area contributed by atoms with Crippen LogP contribution in [0, 0.1) is 0 Å². The Balaban J connectivity index is 2.24. The highest BCUT2D eigenvalue weighted by Crippen LogP contribution is 2.29. The third kappa shape index (κ3) is 3.32. The summed E-state index contributed by atoms with van der Waals surface area (Å²) in [5.41, 5.74) is 8.13. The number of nitrogens with two attached hydrogens (primary N) is 1. The van der Waals surface area contributed by atoms with Crippen LogP contribution in [0.2, 0.25) is 0 Å². The minimum atomic E-state index is 0.0563. The Kier molecular flexibility index (Phi) is 3.85. The first-order chi connectivity index (χ1) is 8.99. The molecule has 0 aliphatic rings. The minimum Gasteiger partial charge on any atom is -0.328 e. The van der Waals surface area contributed by atoms with Gasteiger partial charge in [-0.2, -0.15) is 0 Å². The van der Waals surface area contributed by atoms with Crippen molar-refractivity contribution in [3.8, 4) is 11.4 Å². The molecule has 1 unspecified atom stereocenters. The van der Waals surface area contributed by atoms with E-state index in [1.165, 1.54) is 11.9 Å². The maximum Gasteiger partial charge on any atom is 0.203 e. The summed E-state index contributed by atoms with van der Waals surface area (Å²) in [4.78, 5) is 0. The van der Waals surface area contributed by atoms with Gasteiger partial charge >= 0.3 is 0 Å². The number of benzene rings is 1. The predicted molar refractivity (Wildman–Crippen MR) is 74.4 cm³/mol. The number of hydrogen-bond acceptors (Lipinski definition) is 5. The molecule has 2 aromatic rings. The molecule has 1 atom stereocenters. The zero-order valence-electron chi connectivity index (χ0n) is 11.5. The van der Waals surface area contributed by atoms with E-state index in [9.17, 15) is 0 Å². The van der Waals surface area contributed by atoms with Crippen LogP contribution in [0.15, 0.2) is 30.6 Å². The SMILES string of the molecule is CC(N)CC(C)(C)c1ccc(-c2nncnn2)cc1. The van der Waals surface area contributed by atoms with E-state index < -0.39 is 0 Å². The monoisotopic (exact) mass is 257 g/mol. The van der Waals surface area contributed by atoms with Gasteiger partial charge in [-0.3, -0.25) is 0 Å². The molecule has 5 nitrogen and oxygen atoms in total. The number of rotatable bonds is 4. The smallest absolute Gasteiger partial charge is 0.203 e. The molecule has 0 saturated heterocycles. The summed E-state index contributed by atoms with van der Waals surface area (Å²) in [6.45, 7) is 6.44. The second-order valence-electron chi connectivity index (χ2n) is 5.51. The van der Waals surface area contributed by atoms with Crippen LogP contribution in [0.25, 0.3) is 11.4 Å². The van der Waals surface area contributed by atoms with E-state index in [4.69, 9.17) is 5.73 Å². The van der Waals surface area contributed by atoms with Crippen LogP contribution in [0.1, 0.15) is 32.8 Å². The Morgan fingerprint density at radius 1 is 1.11 bits per heavy atom. The van der Waals surface area contributed by atoms with Gasteiger partial charge in [0.1, 0.15) is 0 Å². The largest absolute Gasteiger partial charge is 0.328 e. The highest BCUT2D eigenvalue weighted by Gasteiger charge is 2.22. The summed E-state index contributed by atoms with van der Waals surface area (Å²) in [6, 6.07) is 8.36. The van der Waals surface area contributed by atoms with Gasteiger partial charge in [-0.05, 0) is 24.3 Å². The van der Waals surface area contributed by atoms with Gasteiger partial charge in [-0.25, -0.2) is 0 Å². The highest BCUT2D eigenvalue weighted by molar-refractivity contribution is 5.54. The minimum absolute atomic E-state index is 0.0563. The van der Waals surface area contributed by atoms with Gasteiger partial charge in [0.25, 0.3) is 0 Å². The quantitative estimate of drug-likeness (QED) is 0.905. The number of hydrogen-bond donors (Lipinski definition) is 1. The van der Waals surface area contributed by atoms with Crippen molar-refractivity contribution in [2.75, 3.05) is 0 Å². The van der Waals surface area contributed by atoms with Crippen LogP contribution in [-0.4, -0.2) is 26.4 Å². The number of aromatic nitrogens is 4. The van der Waals surface area contributed by atoms with Crippen molar-refractivity contribution < 1.29 is 0 Å². The van der Waals surface area contributed by atoms with Gasteiger partial charge < -0.3 is 5.73 Å². The fourth-order valence-electron chi connectivity index (χ4n) is 2.31. The molecule has 1 heterocycles. The van der Waals surface area contributed by atoms with Gasteiger partial charge in [-0.1, -0.05) is 38.1 Å². The highest BCUT2D eigenvalue weighted by atomic mass is 15.3. The van der Waals surface area contributed by atoms with Crippen molar-refractivity contribution in [1.82, 2.24) is 20.4 Å². The van der Waals surface area contributed by atoms with Crippen LogP contribution in [-0.2, 0) is 5.41 Å². The van der Waals surface area contributed by atoms with Crippen molar-refractivity contribution in [2.24, 2.45) is 5.73 Å². The molecule has 100 valence electrons. The van der Waals surface area contributed by atoms with Gasteiger partial charge in [0.05, 0.1) is 0 Å². The third-order valence-electron chi connectivity index (χ3n) is 3.17. The first kappa shape index (κ1) is 13.5. The lowest BCUT2D eigenvalue weighted by Crippen LogP contribution is -2.28. The lowest BCUT2D eigenvalue weighted by Gasteiger charge is -2.27. The van der Waals surface area contributed by atoms with Crippen LogP contribution >= 0.6 is 0 Å². The molecule has 5 heteroatoms. The number of nitrogens with zero attached hydrogens (tertiary/aromatic N) is 4. The summed E-state index contributed by atoms with van der Waals surface area (Å²) in [5, 5.41) is 15.4. The molecular formula is C14H19N5. The molecule has 0 aliphatic heterocycles. The third-order valence-corrected chi connectivity index (χ3v) is 3.17. The lowest BCUT2D eigenvalue weighted by atomic mass is 9.79. The molecule has 0 spiro atoms. The summed E-state index contributed by atoms with van der Waals surface area (Å²) in [5.74, 6) is 0.541. The van der Waals surface area contributed by atoms with Gasteiger partial charge in [0.15, 0.2) is 6.33 Å². The zero-order valence-corrected chi connectivity index (χ0v) is 11.5. The van der Waals surface area contributed by atoms with Crippen molar-refractivity contribution in [1.29, 1.82) is 0 Å². The molecule has 0 fully saturated rings. The van der Waals surface area contributed by atoms with Crippen LogP contribution in [0.3, 0.4) is 0 Å². The summed E-state index contributed by atoms with van der Waals surface area (Å²) in [7, 11) is 0. The van der Waals surface area contributed by atoms with E-state index in [0.29, 0.717) is 5.82 Å². The van der Waals surface area contributed by atoms with Crippen molar-refractivity contribution >= 4 is 0 Å². The average molecular weight is 257 g/mol. The van der Waals surface area contributed by atoms with Crippen LogP contribution < -0.4 is 5.73 Å². The van der Waals surface area contributed by atoms with E-state index in [1.54, 1.807) is 0 Å². The van der Waals surface area contributed by atoms with Crippen molar-refractivity contribution in [2.45, 2.75) is 38.6 Å². The Labute approximate surface area is 113 Å². The Hall–Kier alpha value is -1.88.